The molecule has 0 bridgehead atoms. The number of hydrogen-bond acceptors (Lipinski definition) is 5. The predicted molar refractivity (Wildman–Crippen MR) is 97.2 cm³/mol. The molecule has 2 aliphatic rings. The number of hydrogen-bond donors (Lipinski definition) is 0. The highest BCUT2D eigenvalue weighted by Crippen LogP contribution is 2.15. The molecule has 0 spiro atoms. The second-order valence-corrected chi connectivity index (χ2v) is 7.21. The van der Waals surface area contributed by atoms with Crippen molar-refractivity contribution >= 4 is 5.91 Å². The highest BCUT2D eigenvalue weighted by atomic mass is 16.5. The Labute approximate surface area is 150 Å². The lowest BCUT2D eigenvalue weighted by atomic mass is 10.1. The van der Waals surface area contributed by atoms with Gasteiger partial charge in [-0.25, -0.2) is 0 Å². The van der Waals surface area contributed by atoms with Crippen LogP contribution in [-0.4, -0.2) is 84.6 Å². The molecule has 0 N–H and O–H groups in total. The quantitative estimate of drug-likeness (QED) is 0.803. The van der Waals surface area contributed by atoms with Crippen LogP contribution in [0, 0.1) is 0 Å². The summed E-state index contributed by atoms with van der Waals surface area (Å²) in [6, 6.07) is 3.95. The Morgan fingerprint density at radius 2 is 2.16 bits per heavy atom. The van der Waals surface area contributed by atoms with Crippen LogP contribution < -0.4 is 0 Å². The zero-order valence-corrected chi connectivity index (χ0v) is 15.3. The molecule has 1 aromatic heterocycles. The van der Waals surface area contributed by atoms with E-state index in [1.165, 1.54) is 0 Å². The van der Waals surface area contributed by atoms with Crippen LogP contribution in [0.4, 0.5) is 0 Å². The highest BCUT2D eigenvalue weighted by molar-refractivity contribution is 5.78. The summed E-state index contributed by atoms with van der Waals surface area (Å²) in [6.07, 6.45) is 6.92. The molecular weight excluding hydrogens is 316 g/mol. The number of ether oxygens (including phenoxy) is 1. The van der Waals surface area contributed by atoms with E-state index in [9.17, 15) is 4.79 Å². The third-order valence-electron chi connectivity index (χ3n) is 5.11. The number of amides is 1. The van der Waals surface area contributed by atoms with Crippen molar-refractivity contribution in [3.8, 4) is 0 Å². The molecule has 0 aromatic carbocycles. The summed E-state index contributed by atoms with van der Waals surface area (Å²) in [6.45, 7) is 6.86. The van der Waals surface area contributed by atoms with E-state index in [1.807, 2.05) is 23.2 Å². The van der Waals surface area contributed by atoms with Gasteiger partial charge in [-0.05, 0) is 51.0 Å². The largest absolute Gasteiger partial charge is 0.372 e. The fraction of sp³-hybridized carbons (Fsp3) is 0.684. The molecule has 1 atom stereocenters. The Morgan fingerprint density at radius 1 is 1.24 bits per heavy atom. The van der Waals surface area contributed by atoms with Gasteiger partial charge in [0.05, 0.1) is 19.3 Å². The van der Waals surface area contributed by atoms with Crippen molar-refractivity contribution in [2.75, 3.05) is 52.9 Å². The minimum Gasteiger partial charge on any atom is -0.372 e. The first-order chi connectivity index (χ1) is 12.2. The summed E-state index contributed by atoms with van der Waals surface area (Å²) in [7, 11) is 2.15. The Hall–Kier alpha value is -1.50. The maximum Gasteiger partial charge on any atom is 0.236 e. The van der Waals surface area contributed by atoms with E-state index < -0.39 is 0 Å². The zero-order chi connectivity index (χ0) is 17.5. The molecule has 0 aliphatic carbocycles. The van der Waals surface area contributed by atoms with Gasteiger partial charge in [-0.15, -0.1) is 0 Å². The van der Waals surface area contributed by atoms with Crippen LogP contribution in [0.2, 0.25) is 0 Å². The Bertz CT molecular complexity index is 539. The summed E-state index contributed by atoms with van der Waals surface area (Å²) in [4.78, 5) is 23.4. The van der Waals surface area contributed by atoms with Crippen molar-refractivity contribution in [2.45, 2.75) is 32.0 Å². The van der Waals surface area contributed by atoms with Crippen LogP contribution in [-0.2, 0) is 16.1 Å². The van der Waals surface area contributed by atoms with Gasteiger partial charge in [0.1, 0.15) is 0 Å². The molecule has 0 radical (unpaired) electrons. The van der Waals surface area contributed by atoms with Crippen LogP contribution in [0.1, 0.15) is 24.8 Å². The number of likely N-dealkylation sites (N-methyl/N-ethyl adjacent to an activating group) is 1. The second kappa shape index (κ2) is 9.27. The summed E-state index contributed by atoms with van der Waals surface area (Å²) in [5.74, 6) is 0.249. The van der Waals surface area contributed by atoms with Crippen LogP contribution in [0.25, 0.3) is 0 Å². The molecule has 2 aliphatic heterocycles. The molecule has 0 saturated carbocycles. The molecule has 25 heavy (non-hydrogen) atoms. The lowest BCUT2D eigenvalue weighted by Gasteiger charge is -2.34. The van der Waals surface area contributed by atoms with E-state index in [2.05, 4.69) is 21.8 Å². The number of rotatable bonds is 5. The van der Waals surface area contributed by atoms with Crippen molar-refractivity contribution in [1.29, 1.82) is 0 Å². The molecule has 6 heteroatoms. The summed E-state index contributed by atoms with van der Waals surface area (Å²) < 4.78 is 6.02. The fourth-order valence-corrected chi connectivity index (χ4v) is 3.55. The summed E-state index contributed by atoms with van der Waals surface area (Å²) in [5, 5.41) is 0. The molecule has 1 amide bonds. The number of aromatic nitrogens is 1. The molecule has 2 fully saturated rings. The van der Waals surface area contributed by atoms with Gasteiger partial charge in [-0.1, -0.05) is 6.07 Å². The fourth-order valence-electron chi connectivity index (χ4n) is 3.55. The molecule has 3 heterocycles. The summed E-state index contributed by atoms with van der Waals surface area (Å²) in [5.41, 5.74) is 1.08. The van der Waals surface area contributed by atoms with Crippen LogP contribution >= 0.6 is 0 Å². The van der Waals surface area contributed by atoms with Crippen molar-refractivity contribution in [3.05, 3.63) is 30.1 Å². The van der Waals surface area contributed by atoms with Gasteiger partial charge < -0.3 is 14.5 Å². The maximum atomic E-state index is 12.7. The average molecular weight is 346 g/mol. The van der Waals surface area contributed by atoms with Crippen LogP contribution in [0.3, 0.4) is 0 Å². The molecule has 3 rings (SSSR count). The normalized spacial score (nSPS) is 23.4. The smallest absolute Gasteiger partial charge is 0.236 e. The summed E-state index contributed by atoms with van der Waals surface area (Å²) >= 11 is 0. The third-order valence-corrected chi connectivity index (χ3v) is 5.11. The number of carbonyl (C=O) groups is 1. The minimum atomic E-state index is 0.133. The number of likely N-dealkylation sites (tertiary alicyclic amines) is 1. The van der Waals surface area contributed by atoms with Gasteiger partial charge in [-0.3, -0.25) is 14.7 Å². The Morgan fingerprint density at radius 3 is 3.00 bits per heavy atom. The standard InChI is InChI=1S/C19H30N4O2/c1-21-8-4-9-22(12-11-21)15-19(24)23-10-3-6-18(14-23)25-16-17-5-2-7-20-13-17/h2,5,7,13,18H,3-4,6,8-12,14-16H2,1H3/t18-/m1/s1. The van der Waals surface area contributed by atoms with Crippen molar-refractivity contribution in [3.63, 3.8) is 0 Å². The first-order valence-electron chi connectivity index (χ1n) is 9.40. The van der Waals surface area contributed by atoms with Gasteiger partial charge in [0, 0.05) is 38.6 Å². The van der Waals surface area contributed by atoms with E-state index >= 15 is 0 Å². The lowest BCUT2D eigenvalue weighted by molar-refractivity contribution is -0.136. The predicted octanol–water partition coefficient (Wildman–Crippen LogP) is 1.23. The number of carbonyl (C=O) groups excluding carboxylic acids is 1. The Kier molecular flexibility index (Phi) is 6.78. The molecule has 0 unspecified atom stereocenters. The second-order valence-electron chi connectivity index (χ2n) is 7.21. The van der Waals surface area contributed by atoms with Crippen molar-refractivity contribution < 1.29 is 9.53 Å². The van der Waals surface area contributed by atoms with Gasteiger partial charge in [0.2, 0.25) is 5.91 Å². The molecular formula is C19H30N4O2. The SMILES string of the molecule is CN1CCCN(CC(=O)N2CCC[C@@H](OCc3cccnc3)C2)CC1. The van der Waals surface area contributed by atoms with Gasteiger partial charge in [0.15, 0.2) is 0 Å². The maximum absolute atomic E-state index is 12.7. The van der Waals surface area contributed by atoms with Crippen molar-refractivity contribution in [2.24, 2.45) is 0 Å². The molecule has 6 nitrogen and oxygen atoms in total. The van der Waals surface area contributed by atoms with Gasteiger partial charge in [0.25, 0.3) is 0 Å². The highest BCUT2D eigenvalue weighted by Gasteiger charge is 2.25. The van der Waals surface area contributed by atoms with E-state index in [0.717, 1.165) is 57.5 Å². The molecule has 138 valence electrons. The first-order valence-corrected chi connectivity index (χ1v) is 9.40. The van der Waals surface area contributed by atoms with Crippen LogP contribution in [0.15, 0.2) is 24.5 Å². The monoisotopic (exact) mass is 346 g/mol. The van der Waals surface area contributed by atoms with Crippen molar-refractivity contribution in [1.82, 2.24) is 19.7 Å². The van der Waals surface area contributed by atoms with E-state index in [-0.39, 0.29) is 12.0 Å². The number of pyridine rings is 1. The lowest BCUT2D eigenvalue weighted by Crippen LogP contribution is -2.47. The number of nitrogens with zero attached hydrogens (tertiary/aromatic N) is 4. The Balaban J connectivity index is 1.44. The van der Waals surface area contributed by atoms with Crippen LogP contribution in [0.5, 0.6) is 0 Å². The third kappa shape index (κ3) is 5.76. The molecule has 2 saturated heterocycles. The zero-order valence-electron chi connectivity index (χ0n) is 15.3. The number of piperidine rings is 1. The van der Waals surface area contributed by atoms with E-state index in [1.54, 1.807) is 6.20 Å². The van der Waals surface area contributed by atoms with Gasteiger partial charge in [-0.2, -0.15) is 0 Å². The van der Waals surface area contributed by atoms with Gasteiger partial charge >= 0.3 is 0 Å². The topological polar surface area (TPSA) is 48.9 Å². The van der Waals surface area contributed by atoms with E-state index in [4.69, 9.17) is 4.74 Å². The van der Waals surface area contributed by atoms with E-state index in [0.29, 0.717) is 19.7 Å². The molecule has 1 aromatic rings. The minimum absolute atomic E-state index is 0.133. The first kappa shape index (κ1) is 18.3. The average Bonchev–Trinajstić information content (AvgIpc) is 2.85.